The summed E-state index contributed by atoms with van der Waals surface area (Å²) >= 11 is 0. The molecule has 21 heavy (non-hydrogen) atoms. The third kappa shape index (κ3) is 3.61. The molecule has 0 saturated carbocycles. The minimum Gasteiger partial charge on any atom is -0.439 e. The van der Waals surface area contributed by atoms with E-state index in [-0.39, 0.29) is 5.82 Å². The van der Waals surface area contributed by atoms with Crippen molar-refractivity contribution in [1.29, 1.82) is 0 Å². The molecule has 1 heterocycles. The summed E-state index contributed by atoms with van der Waals surface area (Å²) in [7, 11) is 1.85. The summed E-state index contributed by atoms with van der Waals surface area (Å²) in [5, 5.41) is 7.77. The van der Waals surface area contributed by atoms with Crippen LogP contribution in [-0.2, 0) is 13.6 Å². The molecule has 0 atom stereocenters. The van der Waals surface area contributed by atoms with Crippen LogP contribution in [0.25, 0.3) is 0 Å². The van der Waals surface area contributed by atoms with Crippen LogP contribution in [0.1, 0.15) is 30.2 Å². The first kappa shape index (κ1) is 15.5. The Bertz CT molecular complexity index is 622. The van der Waals surface area contributed by atoms with Crippen LogP contribution in [0.15, 0.2) is 18.2 Å². The lowest BCUT2D eigenvalue weighted by Crippen LogP contribution is -2.14. The van der Waals surface area contributed by atoms with Gasteiger partial charge in [-0.1, -0.05) is 6.92 Å². The SMILES string of the molecule is CCCNCc1c(C)nn(C)c1Oc1ccc(F)cc1C. The number of aromatic nitrogens is 2. The second kappa shape index (κ2) is 6.72. The lowest BCUT2D eigenvalue weighted by Gasteiger charge is -2.11. The van der Waals surface area contributed by atoms with Gasteiger partial charge in [-0.15, -0.1) is 0 Å². The van der Waals surface area contributed by atoms with E-state index >= 15 is 0 Å². The van der Waals surface area contributed by atoms with Gasteiger partial charge in [-0.3, -0.25) is 0 Å². The number of ether oxygens (including phenoxy) is 1. The molecule has 0 bridgehead atoms. The number of halogens is 1. The van der Waals surface area contributed by atoms with Gasteiger partial charge in [-0.25, -0.2) is 9.07 Å². The van der Waals surface area contributed by atoms with Gasteiger partial charge in [-0.05, 0) is 50.6 Å². The summed E-state index contributed by atoms with van der Waals surface area (Å²) in [6, 6.07) is 4.52. The minimum atomic E-state index is -0.258. The monoisotopic (exact) mass is 291 g/mol. The van der Waals surface area contributed by atoms with Crippen molar-refractivity contribution in [2.24, 2.45) is 7.05 Å². The lowest BCUT2D eigenvalue weighted by atomic mass is 10.2. The summed E-state index contributed by atoms with van der Waals surface area (Å²) in [4.78, 5) is 0. The molecule has 4 nitrogen and oxygen atoms in total. The number of benzene rings is 1. The molecular weight excluding hydrogens is 269 g/mol. The smallest absolute Gasteiger partial charge is 0.222 e. The Balaban J connectivity index is 2.26. The Morgan fingerprint density at radius 2 is 2.10 bits per heavy atom. The summed E-state index contributed by atoms with van der Waals surface area (Å²) in [6.45, 7) is 7.58. The average Bonchev–Trinajstić information content (AvgIpc) is 2.68. The molecule has 0 aliphatic carbocycles. The summed E-state index contributed by atoms with van der Waals surface area (Å²) in [5.74, 6) is 1.09. The molecule has 0 radical (unpaired) electrons. The van der Waals surface area contributed by atoms with Gasteiger partial charge in [0.1, 0.15) is 11.6 Å². The number of hydrogen-bond donors (Lipinski definition) is 1. The van der Waals surface area contributed by atoms with E-state index in [2.05, 4.69) is 17.3 Å². The summed E-state index contributed by atoms with van der Waals surface area (Å²) in [5.41, 5.74) is 2.74. The Kier molecular flexibility index (Phi) is 4.96. The van der Waals surface area contributed by atoms with Crippen LogP contribution >= 0.6 is 0 Å². The molecule has 0 spiro atoms. The van der Waals surface area contributed by atoms with E-state index in [1.807, 2.05) is 20.9 Å². The highest BCUT2D eigenvalue weighted by Crippen LogP contribution is 2.29. The predicted molar refractivity (Wildman–Crippen MR) is 81.2 cm³/mol. The topological polar surface area (TPSA) is 39.1 Å². The van der Waals surface area contributed by atoms with Crippen molar-refractivity contribution in [3.05, 3.63) is 40.8 Å². The van der Waals surface area contributed by atoms with E-state index in [9.17, 15) is 4.39 Å². The van der Waals surface area contributed by atoms with Gasteiger partial charge in [-0.2, -0.15) is 5.10 Å². The molecule has 2 rings (SSSR count). The van der Waals surface area contributed by atoms with Crippen molar-refractivity contribution in [1.82, 2.24) is 15.1 Å². The fourth-order valence-electron chi connectivity index (χ4n) is 2.23. The van der Waals surface area contributed by atoms with E-state index in [1.165, 1.54) is 12.1 Å². The van der Waals surface area contributed by atoms with Crippen molar-refractivity contribution in [2.75, 3.05) is 6.54 Å². The second-order valence-electron chi connectivity index (χ2n) is 5.18. The molecule has 5 heteroatoms. The van der Waals surface area contributed by atoms with Crippen molar-refractivity contribution < 1.29 is 9.13 Å². The Morgan fingerprint density at radius 1 is 1.33 bits per heavy atom. The van der Waals surface area contributed by atoms with Gasteiger partial charge in [0.05, 0.1) is 11.3 Å². The van der Waals surface area contributed by atoms with E-state index in [0.717, 1.165) is 29.8 Å². The minimum absolute atomic E-state index is 0.258. The van der Waals surface area contributed by atoms with Crippen LogP contribution in [0, 0.1) is 19.7 Å². The van der Waals surface area contributed by atoms with Crippen molar-refractivity contribution in [3.63, 3.8) is 0 Å². The van der Waals surface area contributed by atoms with Crippen molar-refractivity contribution >= 4 is 0 Å². The quantitative estimate of drug-likeness (QED) is 0.828. The average molecular weight is 291 g/mol. The van der Waals surface area contributed by atoms with Crippen LogP contribution in [0.2, 0.25) is 0 Å². The first-order valence-corrected chi connectivity index (χ1v) is 7.20. The molecule has 0 aliphatic heterocycles. The highest BCUT2D eigenvalue weighted by Gasteiger charge is 2.16. The highest BCUT2D eigenvalue weighted by molar-refractivity contribution is 5.39. The van der Waals surface area contributed by atoms with Gasteiger partial charge in [0, 0.05) is 13.6 Å². The second-order valence-corrected chi connectivity index (χ2v) is 5.18. The first-order valence-electron chi connectivity index (χ1n) is 7.20. The zero-order valence-electron chi connectivity index (χ0n) is 13.0. The maximum Gasteiger partial charge on any atom is 0.222 e. The molecule has 0 saturated heterocycles. The van der Waals surface area contributed by atoms with Crippen LogP contribution in [0.3, 0.4) is 0 Å². The standard InChI is InChI=1S/C16H22FN3O/c1-5-8-18-10-14-12(3)19-20(4)16(14)21-15-7-6-13(17)9-11(15)2/h6-7,9,18H,5,8,10H2,1-4H3. The lowest BCUT2D eigenvalue weighted by molar-refractivity contribution is 0.420. The Morgan fingerprint density at radius 3 is 2.76 bits per heavy atom. The number of hydrogen-bond acceptors (Lipinski definition) is 3. The van der Waals surface area contributed by atoms with Gasteiger partial charge in [0.25, 0.3) is 0 Å². The molecule has 114 valence electrons. The molecule has 0 fully saturated rings. The summed E-state index contributed by atoms with van der Waals surface area (Å²) < 4.78 is 20.9. The molecule has 0 amide bonds. The van der Waals surface area contributed by atoms with Gasteiger partial charge in [0.2, 0.25) is 5.88 Å². The van der Waals surface area contributed by atoms with Gasteiger partial charge in [0.15, 0.2) is 0 Å². The fraction of sp³-hybridized carbons (Fsp3) is 0.438. The maximum atomic E-state index is 13.2. The van der Waals surface area contributed by atoms with Crippen LogP contribution < -0.4 is 10.1 Å². The van der Waals surface area contributed by atoms with Gasteiger partial charge >= 0.3 is 0 Å². The number of nitrogens with one attached hydrogen (secondary N) is 1. The van der Waals surface area contributed by atoms with Crippen LogP contribution in [0.5, 0.6) is 11.6 Å². The Hall–Kier alpha value is -1.88. The summed E-state index contributed by atoms with van der Waals surface area (Å²) in [6.07, 6.45) is 1.08. The van der Waals surface area contributed by atoms with Crippen molar-refractivity contribution in [2.45, 2.75) is 33.7 Å². The van der Waals surface area contributed by atoms with E-state index in [0.29, 0.717) is 18.2 Å². The third-order valence-corrected chi connectivity index (χ3v) is 3.36. The fourth-order valence-corrected chi connectivity index (χ4v) is 2.23. The highest BCUT2D eigenvalue weighted by atomic mass is 19.1. The zero-order valence-corrected chi connectivity index (χ0v) is 13.0. The van der Waals surface area contributed by atoms with Gasteiger partial charge < -0.3 is 10.1 Å². The number of aryl methyl sites for hydroxylation is 3. The predicted octanol–water partition coefficient (Wildman–Crippen LogP) is 3.47. The number of nitrogens with zero attached hydrogens (tertiary/aromatic N) is 2. The van der Waals surface area contributed by atoms with E-state index in [4.69, 9.17) is 4.74 Å². The molecule has 1 aromatic carbocycles. The number of rotatable bonds is 6. The van der Waals surface area contributed by atoms with Crippen LogP contribution in [-0.4, -0.2) is 16.3 Å². The van der Waals surface area contributed by atoms with E-state index < -0.39 is 0 Å². The van der Waals surface area contributed by atoms with E-state index in [1.54, 1.807) is 10.7 Å². The third-order valence-electron chi connectivity index (χ3n) is 3.36. The zero-order chi connectivity index (χ0) is 15.4. The molecule has 0 aliphatic rings. The maximum absolute atomic E-state index is 13.2. The first-order chi connectivity index (χ1) is 10.0. The molecule has 1 aromatic heterocycles. The molecular formula is C16H22FN3O. The normalized spacial score (nSPS) is 10.9. The molecule has 2 aromatic rings. The molecule has 1 N–H and O–H groups in total. The molecule has 0 unspecified atom stereocenters. The van der Waals surface area contributed by atoms with Crippen molar-refractivity contribution in [3.8, 4) is 11.6 Å². The largest absolute Gasteiger partial charge is 0.439 e. The Labute approximate surface area is 124 Å². The van der Waals surface area contributed by atoms with Crippen LogP contribution in [0.4, 0.5) is 4.39 Å².